The summed E-state index contributed by atoms with van der Waals surface area (Å²) in [5.41, 5.74) is 5.34. The Bertz CT molecular complexity index is 196. The van der Waals surface area contributed by atoms with E-state index in [1.807, 2.05) is 14.0 Å². The molecule has 0 fully saturated rings. The van der Waals surface area contributed by atoms with Gasteiger partial charge in [-0.3, -0.25) is 9.69 Å². The van der Waals surface area contributed by atoms with Gasteiger partial charge in [-0.25, -0.2) is 0 Å². The molecular formula is C8H17N3OS. The van der Waals surface area contributed by atoms with Gasteiger partial charge in [0, 0.05) is 20.1 Å². The molecule has 4 nitrogen and oxygen atoms in total. The van der Waals surface area contributed by atoms with Crippen molar-refractivity contribution in [2.45, 2.75) is 6.92 Å². The van der Waals surface area contributed by atoms with Gasteiger partial charge < -0.3 is 10.6 Å². The molecule has 0 spiro atoms. The monoisotopic (exact) mass is 203 g/mol. The van der Waals surface area contributed by atoms with E-state index in [1.165, 1.54) is 0 Å². The summed E-state index contributed by atoms with van der Waals surface area (Å²) < 4.78 is 0. The molecule has 0 atom stereocenters. The molecule has 0 aromatic rings. The molecule has 0 aromatic carbocycles. The number of amides is 1. The van der Waals surface area contributed by atoms with Crippen LogP contribution in [0, 0.1) is 0 Å². The molecule has 0 aliphatic heterocycles. The largest absolute Gasteiger partial charge is 0.392 e. The minimum absolute atomic E-state index is 0.0845. The van der Waals surface area contributed by atoms with E-state index in [4.69, 9.17) is 18.0 Å². The average Bonchev–Trinajstić information content (AvgIpc) is 2.01. The van der Waals surface area contributed by atoms with Crippen molar-refractivity contribution < 1.29 is 4.79 Å². The summed E-state index contributed by atoms with van der Waals surface area (Å²) in [6, 6.07) is 0. The molecule has 0 heterocycles. The third kappa shape index (κ3) is 5.54. The van der Waals surface area contributed by atoms with Gasteiger partial charge >= 0.3 is 0 Å². The van der Waals surface area contributed by atoms with Crippen molar-refractivity contribution in [3.8, 4) is 0 Å². The highest BCUT2D eigenvalue weighted by molar-refractivity contribution is 7.80. The van der Waals surface area contributed by atoms with Crippen LogP contribution in [0.3, 0.4) is 0 Å². The minimum atomic E-state index is 0.0845. The summed E-state index contributed by atoms with van der Waals surface area (Å²) in [5.74, 6) is 0.0845. The highest BCUT2D eigenvalue weighted by Gasteiger charge is 2.09. The zero-order valence-corrected chi connectivity index (χ0v) is 9.23. The number of nitrogens with zero attached hydrogens (tertiary/aromatic N) is 2. The minimum Gasteiger partial charge on any atom is -0.392 e. The number of carbonyl (C=O) groups is 1. The Balaban J connectivity index is 3.84. The van der Waals surface area contributed by atoms with E-state index >= 15 is 0 Å². The number of nitrogens with two attached hydrogens (primary N) is 1. The van der Waals surface area contributed by atoms with Crippen LogP contribution in [0.2, 0.25) is 0 Å². The van der Waals surface area contributed by atoms with E-state index < -0.39 is 0 Å². The van der Waals surface area contributed by atoms with E-state index in [2.05, 4.69) is 0 Å². The quantitative estimate of drug-likeness (QED) is 0.622. The summed E-state index contributed by atoms with van der Waals surface area (Å²) in [6.07, 6.45) is 0. The van der Waals surface area contributed by atoms with Crippen LogP contribution in [-0.2, 0) is 4.79 Å². The van der Waals surface area contributed by atoms with Gasteiger partial charge in [-0.1, -0.05) is 12.2 Å². The van der Waals surface area contributed by atoms with Crippen LogP contribution in [0.25, 0.3) is 0 Å². The molecule has 0 rings (SSSR count). The van der Waals surface area contributed by atoms with Crippen LogP contribution in [0.5, 0.6) is 0 Å². The topological polar surface area (TPSA) is 49.6 Å². The molecule has 0 saturated carbocycles. The lowest BCUT2D eigenvalue weighted by molar-refractivity contribution is -0.130. The molecule has 0 aromatic heterocycles. The van der Waals surface area contributed by atoms with E-state index in [9.17, 15) is 4.79 Å². The lowest BCUT2D eigenvalue weighted by Gasteiger charge is -2.19. The second kappa shape index (κ2) is 5.88. The van der Waals surface area contributed by atoms with E-state index in [0.717, 1.165) is 6.54 Å². The molecule has 0 aliphatic rings. The smallest absolute Gasteiger partial charge is 0.236 e. The molecule has 0 aliphatic carbocycles. The van der Waals surface area contributed by atoms with Crippen LogP contribution in [-0.4, -0.2) is 54.4 Å². The fraction of sp³-hybridized carbons (Fsp3) is 0.750. The van der Waals surface area contributed by atoms with Gasteiger partial charge in [0.2, 0.25) is 5.91 Å². The van der Waals surface area contributed by atoms with Crippen LogP contribution >= 0.6 is 12.2 Å². The molecule has 0 bridgehead atoms. The summed E-state index contributed by atoms with van der Waals surface area (Å²) in [4.78, 5) is 15.2. The number of thiocarbonyl (C=S) groups is 1. The Labute approximate surface area is 84.7 Å². The Hall–Kier alpha value is -0.680. The molecule has 13 heavy (non-hydrogen) atoms. The van der Waals surface area contributed by atoms with E-state index in [1.54, 1.807) is 16.8 Å². The first-order valence-corrected chi connectivity index (χ1v) is 4.59. The Morgan fingerprint density at radius 3 is 2.31 bits per heavy atom. The van der Waals surface area contributed by atoms with Gasteiger partial charge in [-0.05, 0) is 14.0 Å². The lowest BCUT2D eigenvalue weighted by Crippen LogP contribution is -2.39. The first kappa shape index (κ1) is 12.3. The first-order valence-electron chi connectivity index (χ1n) is 4.18. The number of hydrogen-bond donors (Lipinski definition) is 1. The van der Waals surface area contributed by atoms with Crippen LogP contribution in [0.15, 0.2) is 0 Å². The van der Waals surface area contributed by atoms with Crippen molar-refractivity contribution in [3.05, 3.63) is 0 Å². The predicted molar refractivity (Wildman–Crippen MR) is 57.6 cm³/mol. The van der Waals surface area contributed by atoms with Crippen molar-refractivity contribution >= 4 is 23.1 Å². The molecule has 0 saturated heterocycles. The second-order valence-electron chi connectivity index (χ2n) is 3.05. The maximum Gasteiger partial charge on any atom is 0.236 e. The van der Waals surface area contributed by atoms with Gasteiger partial charge in [-0.2, -0.15) is 0 Å². The second-order valence-corrected chi connectivity index (χ2v) is 3.57. The summed E-state index contributed by atoms with van der Waals surface area (Å²) in [6.45, 7) is 3.51. The van der Waals surface area contributed by atoms with Crippen molar-refractivity contribution in [2.24, 2.45) is 5.73 Å². The standard InChI is InChI=1S/C8H17N3OS/c1-4-11(3)8(12)6-10(2)5-7(9)13/h4-6H2,1-3H3,(H2,9,13). The van der Waals surface area contributed by atoms with E-state index in [0.29, 0.717) is 18.1 Å². The Morgan fingerprint density at radius 2 is 1.92 bits per heavy atom. The van der Waals surface area contributed by atoms with Crippen molar-refractivity contribution in [1.82, 2.24) is 9.80 Å². The van der Waals surface area contributed by atoms with Gasteiger partial charge in [0.25, 0.3) is 0 Å². The normalized spacial score (nSPS) is 10.2. The van der Waals surface area contributed by atoms with E-state index in [-0.39, 0.29) is 5.91 Å². The fourth-order valence-electron chi connectivity index (χ4n) is 0.850. The Morgan fingerprint density at radius 1 is 1.38 bits per heavy atom. The zero-order chi connectivity index (χ0) is 10.4. The summed E-state index contributed by atoms with van der Waals surface area (Å²) in [7, 11) is 3.59. The number of rotatable bonds is 5. The highest BCUT2D eigenvalue weighted by atomic mass is 32.1. The van der Waals surface area contributed by atoms with Gasteiger partial charge in [0.15, 0.2) is 0 Å². The highest BCUT2D eigenvalue weighted by Crippen LogP contribution is 1.88. The summed E-state index contributed by atoms with van der Waals surface area (Å²) >= 11 is 4.73. The average molecular weight is 203 g/mol. The third-order valence-electron chi connectivity index (χ3n) is 1.73. The SMILES string of the molecule is CCN(C)C(=O)CN(C)CC(N)=S. The molecule has 0 radical (unpaired) electrons. The molecule has 1 amide bonds. The molecule has 0 unspecified atom stereocenters. The van der Waals surface area contributed by atoms with Crippen molar-refractivity contribution in [1.29, 1.82) is 0 Å². The number of hydrogen-bond acceptors (Lipinski definition) is 3. The fourth-order valence-corrected chi connectivity index (χ4v) is 1.07. The van der Waals surface area contributed by atoms with Gasteiger partial charge in [-0.15, -0.1) is 0 Å². The zero-order valence-electron chi connectivity index (χ0n) is 8.41. The van der Waals surface area contributed by atoms with Crippen LogP contribution in [0.4, 0.5) is 0 Å². The summed E-state index contributed by atoms with van der Waals surface area (Å²) in [5, 5.41) is 0. The molecular weight excluding hydrogens is 186 g/mol. The third-order valence-corrected chi connectivity index (χ3v) is 1.86. The maximum absolute atomic E-state index is 11.4. The lowest BCUT2D eigenvalue weighted by atomic mass is 10.4. The van der Waals surface area contributed by atoms with Crippen LogP contribution < -0.4 is 5.73 Å². The maximum atomic E-state index is 11.4. The van der Waals surface area contributed by atoms with Crippen LogP contribution in [0.1, 0.15) is 6.92 Å². The molecule has 5 heteroatoms. The predicted octanol–water partition coefficient (Wildman–Crippen LogP) is -0.317. The van der Waals surface area contributed by atoms with Gasteiger partial charge in [0.05, 0.1) is 11.5 Å². The first-order chi connectivity index (χ1) is 5.97. The van der Waals surface area contributed by atoms with Gasteiger partial charge in [0.1, 0.15) is 0 Å². The number of carbonyl (C=O) groups excluding carboxylic acids is 1. The Kier molecular flexibility index (Phi) is 5.57. The molecule has 76 valence electrons. The number of likely N-dealkylation sites (N-methyl/N-ethyl adjacent to an activating group) is 2. The van der Waals surface area contributed by atoms with Crippen molar-refractivity contribution in [3.63, 3.8) is 0 Å². The van der Waals surface area contributed by atoms with Crippen molar-refractivity contribution in [2.75, 3.05) is 33.7 Å². The molecule has 2 N–H and O–H groups in total.